The molecule has 2 aromatic carbocycles. The van der Waals surface area contributed by atoms with E-state index in [0.29, 0.717) is 11.3 Å². The van der Waals surface area contributed by atoms with E-state index in [4.69, 9.17) is 0 Å². The van der Waals surface area contributed by atoms with Crippen LogP contribution in [0.15, 0.2) is 60.0 Å². The van der Waals surface area contributed by atoms with E-state index in [1.54, 1.807) is 17.0 Å². The molecule has 12 heteroatoms. The molecule has 0 aliphatic rings. The van der Waals surface area contributed by atoms with Crippen LogP contribution in [-0.4, -0.2) is 67.0 Å². The summed E-state index contributed by atoms with van der Waals surface area (Å²) in [7, 11) is -2.90. The highest BCUT2D eigenvalue weighted by Gasteiger charge is 2.19. The highest BCUT2D eigenvalue weighted by Crippen LogP contribution is 2.26. The van der Waals surface area contributed by atoms with E-state index in [0.717, 1.165) is 12.8 Å². The molecule has 180 valence electrons. The van der Waals surface area contributed by atoms with Gasteiger partial charge in [0.15, 0.2) is 0 Å². The lowest BCUT2D eigenvalue weighted by Gasteiger charge is -2.21. The van der Waals surface area contributed by atoms with Gasteiger partial charge in [-0.1, -0.05) is 36.9 Å². The molecule has 3 aromatic rings. The molecule has 0 saturated carbocycles. The van der Waals surface area contributed by atoms with Gasteiger partial charge in [-0.05, 0) is 29.8 Å². The first-order chi connectivity index (χ1) is 16.4. The number of aliphatic hydroxyl groups is 2. The zero-order valence-electron chi connectivity index (χ0n) is 18.5. The van der Waals surface area contributed by atoms with Gasteiger partial charge in [0.2, 0.25) is 17.8 Å². The van der Waals surface area contributed by atoms with Crippen LogP contribution in [0.1, 0.15) is 5.56 Å². The largest absolute Gasteiger partial charge is 0.395 e. The second kappa shape index (κ2) is 11.5. The minimum atomic E-state index is -3.98. The Bertz CT molecular complexity index is 1220. The van der Waals surface area contributed by atoms with E-state index in [9.17, 15) is 18.6 Å². The molecule has 0 amide bonds. The topological polar surface area (TPSA) is 150 Å². The molecule has 3 rings (SSSR count). The Kier molecular flexibility index (Phi) is 8.49. The van der Waals surface area contributed by atoms with Gasteiger partial charge in [0.1, 0.15) is 4.90 Å². The fraction of sp³-hybridized carbons (Fsp3) is 0.227. The smallest absolute Gasteiger partial charge is 0.297 e. The maximum Gasteiger partial charge on any atom is 0.297 e. The number of aliphatic hydroxyl groups excluding tert-OH is 2. The number of hydrogen-bond donors (Lipinski definition) is 4. The zero-order valence-corrected chi connectivity index (χ0v) is 19.4. The number of rotatable bonds is 12. The predicted molar refractivity (Wildman–Crippen MR) is 130 cm³/mol. The molecule has 0 bridgehead atoms. The molecule has 0 unspecified atom stereocenters. The van der Waals surface area contributed by atoms with Crippen molar-refractivity contribution >= 4 is 45.4 Å². The van der Waals surface area contributed by atoms with Crippen LogP contribution in [-0.2, 0) is 14.3 Å². The van der Waals surface area contributed by atoms with Gasteiger partial charge in [-0.3, -0.25) is 4.18 Å². The molecular formula is C22H26N6O5S. The van der Waals surface area contributed by atoms with E-state index in [1.807, 2.05) is 30.3 Å². The highest BCUT2D eigenvalue weighted by atomic mass is 32.2. The first kappa shape index (κ1) is 25.1. The normalized spacial score (nSPS) is 11.1. The van der Waals surface area contributed by atoms with Gasteiger partial charge >= 0.3 is 0 Å². The van der Waals surface area contributed by atoms with Gasteiger partial charge < -0.3 is 25.7 Å². The number of aromatic nitrogens is 3. The first-order valence-corrected chi connectivity index (χ1v) is 11.7. The number of nitrogens with one attached hydrogen (secondary N) is 2. The minimum Gasteiger partial charge on any atom is -0.395 e. The molecule has 4 N–H and O–H groups in total. The maximum atomic E-state index is 12.3. The maximum absolute atomic E-state index is 12.3. The Labute approximate surface area is 197 Å². The molecule has 11 nitrogen and oxygen atoms in total. The summed E-state index contributed by atoms with van der Waals surface area (Å²) >= 11 is 0. The Morgan fingerprint density at radius 2 is 1.59 bits per heavy atom. The molecule has 34 heavy (non-hydrogen) atoms. The van der Waals surface area contributed by atoms with Gasteiger partial charge in [0, 0.05) is 24.5 Å². The van der Waals surface area contributed by atoms with E-state index in [1.165, 1.54) is 12.1 Å². The van der Waals surface area contributed by atoms with Crippen molar-refractivity contribution in [3.05, 3.63) is 60.7 Å². The van der Waals surface area contributed by atoms with Gasteiger partial charge in [-0.25, -0.2) is 0 Å². The summed E-state index contributed by atoms with van der Waals surface area (Å²) in [5.74, 6) is 0.551. The Hall–Kier alpha value is -3.58. The molecule has 0 aliphatic heterocycles. The van der Waals surface area contributed by atoms with Crippen LogP contribution in [0.25, 0.3) is 6.08 Å². The third-order valence-corrected chi connectivity index (χ3v) is 5.99. The van der Waals surface area contributed by atoms with E-state index in [2.05, 4.69) is 36.3 Å². The summed E-state index contributed by atoms with van der Waals surface area (Å²) in [5.41, 5.74) is 1.51. The molecule has 1 aromatic heterocycles. The van der Waals surface area contributed by atoms with Crippen molar-refractivity contribution in [3.8, 4) is 0 Å². The molecule has 1 heterocycles. The van der Waals surface area contributed by atoms with Gasteiger partial charge in [-0.15, -0.1) is 0 Å². The molecule has 0 fully saturated rings. The van der Waals surface area contributed by atoms with Crippen molar-refractivity contribution < 1.29 is 22.8 Å². The second-order valence-corrected chi connectivity index (χ2v) is 8.59. The van der Waals surface area contributed by atoms with E-state index in [-0.39, 0.29) is 49.0 Å². The van der Waals surface area contributed by atoms with Gasteiger partial charge in [0.25, 0.3) is 10.1 Å². The summed E-state index contributed by atoms with van der Waals surface area (Å²) < 4.78 is 29.3. The van der Waals surface area contributed by atoms with Crippen molar-refractivity contribution in [2.24, 2.45) is 0 Å². The van der Waals surface area contributed by atoms with Crippen molar-refractivity contribution in [2.45, 2.75) is 4.90 Å². The van der Waals surface area contributed by atoms with Crippen LogP contribution in [0.3, 0.4) is 0 Å². The predicted octanol–water partition coefficient (Wildman–Crippen LogP) is 2.13. The van der Waals surface area contributed by atoms with Crippen molar-refractivity contribution in [1.82, 2.24) is 15.0 Å². The van der Waals surface area contributed by atoms with Crippen molar-refractivity contribution in [1.29, 1.82) is 0 Å². The summed E-state index contributed by atoms with van der Waals surface area (Å²) in [5, 5.41) is 24.9. The zero-order chi connectivity index (χ0) is 24.6. The SMILES string of the molecule is C=Cc1ccc(Nc2nc(Nc3ccccc3)nc(N(CCO)CCO)n2)cc1S(=O)(=O)OC. The second-order valence-electron chi connectivity index (χ2n) is 6.91. The quantitative estimate of drug-likeness (QED) is 0.279. The fourth-order valence-electron chi connectivity index (χ4n) is 3.04. The highest BCUT2D eigenvalue weighted by molar-refractivity contribution is 7.86. The van der Waals surface area contributed by atoms with Crippen LogP contribution in [0, 0.1) is 0 Å². The van der Waals surface area contributed by atoms with Crippen LogP contribution in [0.2, 0.25) is 0 Å². The lowest BCUT2D eigenvalue weighted by atomic mass is 10.2. The van der Waals surface area contributed by atoms with Crippen LogP contribution in [0.5, 0.6) is 0 Å². The van der Waals surface area contributed by atoms with Crippen LogP contribution >= 0.6 is 0 Å². The molecule has 0 saturated heterocycles. The van der Waals surface area contributed by atoms with Crippen molar-refractivity contribution in [3.63, 3.8) is 0 Å². The standard InChI is InChI=1S/C22H26N6O5S/c1-3-16-9-10-18(15-19(16)34(31,32)33-2)24-21-25-20(23-17-7-5-4-6-8-17)26-22(27-21)28(11-13-29)12-14-30/h3-10,15,29-30H,1,11-14H2,2H3,(H2,23,24,25,26,27). The number of hydrogen-bond acceptors (Lipinski definition) is 11. The first-order valence-electron chi connectivity index (χ1n) is 10.3. The monoisotopic (exact) mass is 486 g/mol. The molecule has 0 atom stereocenters. The third-order valence-electron chi connectivity index (χ3n) is 4.65. The van der Waals surface area contributed by atoms with Crippen LogP contribution in [0.4, 0.5) is 29.2 Å². The number of para-hydroxylation sites is 1. The summed E-state index contributed by atoms with van der Waals surface area (Å²) in [6.07, 6.45) is 1.42. The van der Waals surface area contributed by atoms with E-state index >= 15 is 0 Å². The average Bonchev–Trinajstić information content (AvgIpc) is 2.84. The minimum absolute atomic E-state index is 0.0610. The Balaban J connectivity index is 2.02. The number of anilines is 5. The fourth-order valence-corrected chi connectivity index (χ4v) is 3.93. The number of nitrogens with zero attached hydrogens (tertiary/aromatic N) is 4. The van der Waals surface area contributed by atoms with E-state index < -0.39 is 10.1 Å². The summed E-state index contributed by atoms with van der Waals surface area (Å²) in [4.78, 5) is 14.7. The van der Waals surface area contributed by atoms with Crippen LogP contribution < -0.4 is 15.5 Å². The Morgan fingerprint density at radius 3 is 2.15 bits per heavy atom. The van der Waals surface area contributed by atoms with Crippen molar-refractivity contribution in [2.75, 3.05) is 48.9 Å². The third kappa shape index (κ3) is 6.26. The molecule has 0 radical (unpaired) electrons. The molecule has 0 aliphatic carbocycles. The Morgan fingerprint density at radius 1 is 0.971 bits per heavy atom. The molecular weight excluding hydrogens is 460 g/mol. The van der Waals surface area contributed by atoms with Gasteiger partial charge in [-0.2, -0.15) is 23.4 Å². The van der Waals surface area contributed by atoms with Gasteiger partial charge in [0.05, 0.1) is 20.3 Å². The summed E-state index contributed by atoms with van der Waals surface area (Å²) in [6.45, 7) is 3.69. The summed E-state index contributed by atoms with van der Waals surface area (Å²) in [6, 6.07) is 13.9. The lowest BCUT2D eigenvalue weighted by Crippen LogP contribution is -2.31. The lowest BCUT2D eigenvalue weighted by molar-refractivity contribution is 0.280. The molecule has 0 spiro atoms. The number of benzene rings is 2. The average molecular weight is 487 g/mol.